The molecule has 0 aliphatic heterocycles. The van der Waals surface area contributed by atoms with Gasteiger partial charge in [-0.1, -0.05) is 6.07 Å². The van der Waals surface area contributed by atoms with Gasteiger partial charge in [-0.2, -0.15) is 30.7 Å². The largest absolute Gasteiger partial charge is 0.460 e. The van der Waals surface area contributed by atoms with E-state index in [2.05, 4.69) is 0 Å². The first-order valence-electron chi connectivity index (χ1n) is 9.86. The zero-order chi connectivity index (χ0) is 29.1. The van der Waals surface area contributed by atoms with Gasteiger partial charge < -0.3 is 9.47 Å². The molecule has 6 nitrogen and oxygen atoms in total. The Kier molecular flexibility index (Phi) is 9.66. The Morgan fingerprint density at radius 2 is 1.39 bits per heavy atom. The average molecular weight is 582 g/mol. The van der Waals surface area contributed by atoms with Crippen LogP contribution in [-0.4, -0.2) is 61.9 Å². The van der Waals surface area contributed by atoms with Crippen LogP contribution in [0, 0.1) is 17.5 Å². The van der Waals surface area contributed by atoms with Gasteiger partial charge in [0.15, 0.2) is 0 Å². The number of ether oxygens (including phenoxy) is 2. The van der Waals surface area contributed by atoms with Crippen LogP contribution in [0.4, 0.5) is 54.4 Å². The number of nitrogens with zero attached hydrogens (tertiary/aromatic N) is 2. The topological polar surface area (TPSA) is 59.1 Å². The van der Waals surface area contributed by atoms with Crippen LogP contribution in [-0.2, 0) is 9.47 Å². The zero-order valence-electron chi connectivity index (χ0n) is 19.1. The Morgan fingerprint density at radius 1 is 0.842 bits per heavy atom. The molecule has 17 heteroatoms. The standard InChI is InChI=1S/C21H16F10N2O4S/c1-36-9-32(18(35)33(10-37-2)17(34)16-12(22)4-3-5-13(16)23)15-7-6-11(8-14(15)24)38-21(30,31)19(25,26)20(27,28)29/h3-8H,9-10H2,1-2H3. The zero-order valence-corrected chi connectivity index (χ0v) is 19.9. The third kappa shape index (κ3) is 6.32. The van der Waals surface area contributed by atoms with Crippen LogP contribution < -0.4 is 4.90 Å². The maximum atomic E-state index is 14.8. The first kappa shape index (κ1) is 31.2. The number of carbonyl (C=O) groups excluding carboxylic acids is 2. The summed E-state index contributed by atoms with van der Waals surface area (Å²) in [6.07, 6.45) is -6.61. The van der Waals surface area contributed by atoms with Crippen molar-refractivity contribution in [1.29, 1.82) is 0 Å². The minimum Gasteiger partial charge on any atom is -0.364 e. The predicted molar refractivity (Wildman–Crippen MR) is 112 cm³/mol. The van der Waals surface area contributed by atoms with Crippen molar-refractivity contribution in [2.45, 2.75) is 22.2 Å². The number of anilines is 1. The number of hydrogen-bond donors (Lipinski definition) is 0. The lowest BCUT2D eigenvalue weighted by atomic mass is 10.1. The lowest BCUT2D eigenvalue weighted by molar-refractivity contribution is -0.330. The summed E-state index contributed by atoms with van der Waals surface area (Å²) in [7, 11) is 2.00. The van der Waals surface area contributed by atoms with E-state index in [-0.39, 0.29) is 11.0 Å². The highest BCUT2D eigenvalue weighted by Gasteiger charge is 2.73. The van der Waals surface area contributed by atoms with Gasteiger partial charge in [0, 0.05) is 19.1 Å². The summed E-state index contributed by atoms with van der Waals surface area (Å²) in [5, 5.41) is -5.74. The first-order valence-corrected chi connectivity index (χ1v) is 10.7. The highest BCUT2D eigenvalue weighted by Crippen LogP contribution is 2.54. The van der Waals surface area contributed by atoms with Gasteiger partial charge in [-0.25, -0.2) is 22.9 Å². The fourth-order valence-corrected chi connectivity index (χ4v) is 3.66. The van der Waals surface area contributed by atoms with Crippen LogP contribution in [0.25, 0.3) is 0 Å². The van der Waals surface area contributed by atoms with Crippen molar-refractivity contribution in [3.05, 3.63) is 59.4 Å². The van der Waals surface area contributed by atoms with Crippen LogP contribution >= 0.6 is 11.8 Å². The van der Waals surface area contributed by atoms with E-state index in [9.17, 15) is 53.5 Å². The number of rotatable bonds is 9. The Labute approximate surface area is 212 Å². The Hall–Kier alpha value is -3.05. The fourth-order valence-electron chi connectivity index (χ4n) is 2.82. The number of benzene rings is 2. The monoisotopic (exact) mass is 582 g/mol. The van der Waals surface area contributed by atoms with Crippen LogP contribution in [0.3, 0.4) is 0 Å². The molecule has 0 unspecified atom stereocenters. The summed E-state index contributed by atoms with van der Waals surface area (Å²) in [5.74, 6) is -12.3. The molecule has 0 radical (unpaired) electrons. The summed E-state index contributed by atoms with van der Waals surface area (Å²) < 4.78 is 143. The number of hydrogen-bond acceptors (Lipinski definition) is 5. The van der Waals surface area contributed by atoms with Crippen molar-refractivity contribution in [3.8, 4) is 0 Å². The molecule has 3 amide bonds. The fraction of sp³-hybridized carbons (Fsp3) is 0.333. The van der Waals surface area contributed by atoms with E-state index in [1.807, 2.05) is 0 Å². The third-order valence-electron chi connectivity index (χ3n) is 4.58. The molecule has 38 heavy (non-hydrogen) atoms. The molecule has 0 fully saturated rings. The molecule has 210 valence electrons. The van der Waals surface area contributed by atoms with Gasteiger partial charge in [0.25, 0.3) is 5.91 Å². The second-order valence-corrected chi connectivity index (χ2v) is 8.37. The number of carbonyl (C=O) groups is 2. The lowest BCUT2D eigenvalue weighted by Gasteiger charge is -2.29. The number of alkyl halides is 7. The smallest absolute Gasteiger partial charge is 0.364 e. The quantitative estimate of drug-likeness (QED) is 0.199. The van der Waals surface area contributed by atoms with Gasteiger partial charge in [0.2, 0.25) is 0 Å². The molecule has 0 spiro atoms. The lowest BCUT2D eigenvalue weighted by Crippen LogP contribution is -2.50. The first-order chi connectivity index (χ1) is 17.5. The van der Waals surface area contributed by atoms with Crippen LogP contribution in [0.2, 0.25) is 0 Å². The van der Waals surface area contributed by atoms with E-state index in [4.69, 9.17) is 9.47 Å². The minimum absolute atomic E-state index is 0.134. The van der Waals surface area contributed by atoms with E-state index >= 15 is 0 Å². The van der Waals surface area contributed by atoms with Gasteiger partial charge in [-0.05, 0) is 42.1 Å². The summed E-state index contributed by atoms with van der Waals surface area (Å²) in [4.78, 5) is 25.3. The summed E-state index contributed by atoms with van der Waals surface area (Å²) >= 11 is -1.29. The highest BCUT2D eigenvalue weighted by atomic mass is 32.2. The van der Waals surface area contributed by atoms with Gasteiger partial charge in [-0.3, -0.25) is 9.69 Å². The SMILES string of the molecule is COCN(C(=O)c1c(F)cccc1F)C(=O)N(COC)c1ccc(SC(F)(F)C(F)(F)C(F)(F)F)cc1F. The minimum atomic E-state index is -6.61. The van der Waals surface area contributed by atoms with E-state index in [0.29, 0.717) is 29.2 Å². The van der Waals surface area contributed by atoms with Crippen molar-refractivity contribution < 1.29 is 63.0 Å². The number of halogens is 10. The van der Waals surface area contributed by atoms with Crippen molar-refractivity contribution in [2.24, 2.45) is 0 Å². The molecule has 0 heterocycles. The molecule has 0 atom stereocenters. The molecular formula is C21H16F10N2O4S. The Morgan fingerprint density at radius 3 is 1.87 bits per heavy atom. The van der Waals surface area contributed by atoms with Crippen molar-refractivity contribution in [2.75, 3.05) is 32.6 Å². The number of amides is 3. The van der Waals surface area contributed by atoms with E-state index in [1.54, 1.807) is 0 Å². The van der Waals surface area contributed by atoms with Gasteiger partial charge in [0.05, 0.1) is 5.69 Å². The maximum Gasteiger partial charge on any atom is 0.460 e. The van der Waals surface area contributed by atoms with E-state index in [0.717, 1.165) is 20.3 Å². The molecule has 0 saturated heterocycles. The summed E-state index contributed by atoms with van der Waals surface area (Å²) in [5.41, 5.74) is -2.00. The van der Waals surface area contributed by atoms with Crippen molar-refractivity contribution in [3.63, 3.8) is 0 Å². The molecule has 0 saturated carbocycles. The van der Waals surface area contributed by atoms with Gasteiger partial charge >= 0.3 is 23.4 Å². The van der Waals surface area contributed by atoms with E-state index in [1.165, 1.54) is 0 Å². The molecule has 2 aromatic rings. The predicted octanol–water partition coefficient (Wildman–Crippen LogP) is 6.26. The normalized spacial score (nSPS) is 12.4. The Balaban J connectivity index is 2.45. The third-order valence-corrected chi connectivity index (χ3v) is 5.58. The van der Waals surface area contributed by atoms with Crippen molar-refractivity contribution in [1.82, 2.24) is 4.90 Å². The number of urea groups is 1. The van der Waals surface area contributed by atoms with Crippen LogP contribution in [0.15, 0.2) is 41.3 Å². The maximum absolute atomic E-state index is 14.8. The summed E-state index contributed by atoms with van der Waals surface area (Å²) in [6, 6.07) is 2.06. The molecule has 0 bridgehead atoms. The molecule has 2 rings (SSSR count). The average Bonchev–Trinajstić information content (AvgIpc) is 2.80. The van der Waals surface area contributed by atoms with Gasteiger partial charge in [0.1, 0.15) is 36.5 Å². The van der Waals surface area contributed by atoms with Crippen molar-refractivity contribution >= 4 is 29.4 Å². The molecule has 0 aliphatic carbocycles. The second-order valence-electron chi connectivity index (χ2n) is 7.18. The summed E-state index contributed by atoms with van der Waals surface area (Å²) in [6.45, 7) is -1.77. The molecule has 0 aromatic heterocycles. The van der Waals surface area contributed by atoms with Gasteiger partial charge in [-0.15, -0.1) is 0 Å². The molecule has 2 aromatic carbocycles. The second kappa shape index (κ2) is 11.8. The number of thioether (sulfide) groups is 1. The molecular weight excluding hydrogens is 566 g/mol. The molecule has 0 aliphatic rings. The van der Waals surface area contributed by atoms with Crippen LogP contribution in [0.5, 0.6) is 0 Å². The molecule has 0 N–H and O–H groups in total. The Bertz CT molecular complexity index is 1160. The number of methoxy groups -OCH3 is 2. The number of imide groups is 1. The van der Waals surface area contributed by atoms with E-state index < -0.39 is 88.1 Å². The van der Waals surface area contributed by atoms with Crippen LogP contribution in [0.1, 0.15) is 10.4 Å². The highest BCUT2D eigenvalue weighted by molar-refractivity contribution is 8.00.